The fraction of sp³-hybridized carbons (Fsp3) is 0. The van der Waals surface area contributed by atoms with Crippen LogP contribution in [0.25, 0.3) is 0 Å². The van der Waals surface area contributed by atoms with Crippen LogP contribution in [-0.4, -0.2) is 9.51 Å². The van der Waals surface area contributed by atoms with Gasteiger partial charge in [-0.3, -0.25) is 0 Å². The number of quaternary nitrogens is 2. The first-order valence-corrected chi connectivity index (χ1v) is 3.60. The molecule has 2 rings (SSSR count). The lowest BCUT2D eigenvalue weighted by Gasteiger charge is -2.47. The van der Waals surface area contributed by atoms with Gasteiger partial charge in [-0.1, -0.05) is 0 Å². The molecule has 2 aliphatic rings. The highest BCUT2D eigenvalue weighted by Gasteiger charge is 2.33. The monoisotopic (exact) mass is 164 g/mol. The van der Waals surface area contributed by atoms with Crippen LogP contribution in [0.3, 0.4) is 0 Å². The predicted octanol–water partition coefficient (Wildman–Crippen LogP) is 1.61. The Morgan fingerprint density at radius 1 is 0.583 bits per heavy atom. The molecule has 12 heavy (non-hydrogen) atoms. The Kier molecular flexibility index (Phi) is 1.33. The zero-order valence-corrected chi connectivity index (χ0v) is 6.33. The van der Waals surface area contributed by atoms with Crippen LogP contribution < -0.4 is 0 Å². The molecule has 0 radical (unpaired) electrons. The smallest absolute Gasteiger partial charge is 0.150 e. The standard InChI is InChI=1S/C8H8N2O2/c11-9(5-1-2-6-9)10(12)7-3-4-8-10/h1-8H. The van der Waals surface area contributed by atoms with E-state index in [1.54, 1.807) is 24.3 Å². The van der Waals surface area contributed by atoms with Crippen molar-refractivity contribution in [1.82, 2.24) is 0 Å². The van der Waals surface area contributed by atoms with Gasteiger partial charge in [-0.25, -0.2) is 0 Å². The second-order valence-corrected chi connectivity index (χ2v) is 2.71. The topological polar surface area (TPSA) is 46.1 Å². The molecule has 4 heteroatoms. The molecule has 0 fully saturated rings. The molecule has 0 aromatic carbocycles. The zero-order chi connectivity index (χ0) is 8.66. The summed E-state index contributed by atoms with van der Waals surface area (Å²) in [7, 11) is 0. The van der Waals surface area contributed by atoms with Crippen molar-refractivity contribution in [3.63, 3.8) is 0 Å². The van der Waals surface area contributed by atoms with Gasteiger partial charge in [0.15, 0.2) is 24.8 Å². The van der Waals surface area contributed by atoms with Crippen molar-refractivity contribution in [3.05, 3.63) is 59.5 Å². The van der Waals surface area contributed by atoms with Crippen LogP contribution in [-0.2, 0) is 0 Å². The summed E-state index contributed by atoms with van der Waals surface area (Å²) in [6.45, 7) is 0. The van der Waals surface area contributed by atoms with Crippen molar-refractivity contribution in [2.75, 3.05) is 0 Å². The predicted molar refractivity (Wildman–Crippen MR) is 43.8 cm³/mol. The maximum absolute atomic E-state index is 11.7. The van der Waals surface area contributed by atoms with Crippen molar-refractivity contribution in [2.24, 2.45) is 0 Å². The summed E-state index contributed by atoms with van der Waals surface area (Å²) in [5.41, 5.74) is 0. The van der Waals surface area contributed by atoms with Crippen molar-refractivity contribution in [1.29, 1.82) is 0 Å². The molecule has 0 amide bonds. The zero-order valence-electron chi connectivity index (χ0n) is 6.33. The number of nitrogens with zero attached hydrogens (tertiary/aromatic N) is 2. The van der Waals surface area contributed by atoms with E-state index in [2.05, 4.69) is 0 Å². The molecule has 0 N–H and O–H groups in total. The van der Waals surface area contributed by atoms with Gasteiger partial charge in [0.2, 0.25) is 0 Å². The lowest BCUT2D eigenvalue weighted by molar-refractivity contribution is -1.37. The third-order valence-electron chi connectivity index (χ3n) is 1.91. The lowest BCUT2D eigenvalue weighted by Crippen LogP contribution is -2.52. The molecule has 0 atom stereocenters. The normalized spacial score (nSPS) is 27.2. The summed E-state index contributed by atoms with van der Waals surface area (Å²) < 4.78 is -2.04. The van der Waals surface area contributed by atoms with E-state index >= 15 is 0 Å². The van der Waals surface area contributed by atoms with Gasteiger partial charge in [-0.15, -0.1) is 9.51 Å². The van der Waals surface area contributed by atoms with Crippen LogP contribution in [0.1, 0.15) is 0 Å². The highest BCUT2D eigenvalue weighted by molar-refractivity contribution is 5.06. The van der Waals surface area contributed by atoms with Crippen molar-refractivity contribution >= 4 is 0 Å². The average Bonchev–Trinajstić information content (AvgIpc) is 2.60. The van der Waals surface area contributed by atoms with E-state index in [4.69, 9.17) is 0 Å². The van der Waals surface area contributed by atoms with Crippen LogP contribution in [0.5, 0.6) is 0 Å². The summed E-state index contributed by atoms with van der Waals surface area (Å²) in [5, 5.41) is 23.5. The first-order chi connectivity index (χ1) is 5.66. The van der Waals surface area contributed by atoms with E-state index in [1.807, 2.05) is 0 Å². The molecular formula is C8H8N2O2. The summed E-state index contributed by atoms with van der Waals surface area (Å²) in [4.78, 5) is 0. The van der Waals surface area contributed by atoms with E-state index in [0.717, 1.165) is 0 Å². The minimum absolute atomic E-state index is 1.02. The molecule has 0 bridgehead atoms. The largest absolute Gasteiger partial charge is 0.571 e. The highest BCUT2D eigenvalue weighted by atomic mass is 16.8. The third-order valence-corrected chi connectivity index (χ3v) is 1.91. The Labute approximate surface area is 69.9 Å². The summed E-state index contributed by atoms with van der Waals surface area (Å²) in [5.74, 6) is 0. The van der Waals surface area contributed by atoms with Gasteiger partial charge in [0.1, 0.15) is 0 Å². The van der Waals surface area contributed by atoms with Gasteiger partial charge in [-0.05, 0) is 0 Å². The molecule has 0 saturated heterocycles. The Hall–Kier alpha value is -1.20. The van der Waals surface area contributed by atoms with E-state index in [-0.39, 0.29) is 0 Å². The summed E-state index contributed by atoms with van der Waals surface area (Å²) in [6.07, 6.45) is 11.5. The molecule has 0 spiro atoms. The average molecular weight is 164 g/mol. The molecule has 2 heterocycles. The molecular weight excluding hydrogens is 156 g/mol. The quantitative estimate of drug-likeness (QED) is 0.436. The van der Waals surface area contributed by atoms with E-state index in [0.29, 0.717) is 0 Å². The maximum Gasteiger partial charge on any atom is 0.150 e. The van der Waals surface area contributed by atoms with Crippen LogP contribution in [0.15, 0.2) is 49.1 Å². The van der Waals surface area contributed by atoms with Gasteiger partial charge in [-0.2, -0.15) is 0 Å². The molecule has 0 aromatic rings. The second-order valence-electron chi connectivity index (χ2n) is 2.71. The van der Waals surface area contributed by atoms with Gasteiger partial charge in [0, 0.05) is 24.3 Å². The van der Waals surface area contributed by atoms with Crippen LogP contribution in [0.2, 0.25) is 0 Å². The summed E-state index contributed by atoms with van der Waals surface area (Å²) in [6, 6.07) is 0. The Balaban J connectivity index is 2.41. The maximum atomic E-state index is 11.7. The van der Waals surface area contributed by atoms with E-state index in [9.17, 15) is 10.4 Å². The van der Waals surface area contributed by atoms with Crippen LogP contribution in [0, 0.1) is 10.4 Å². The van der Waals surface area contributed by atoms with Gasteiger partial charge >= 0.3 is 0 Å². The van der Waals surface area contributed by atoms with Gasteiger partial charge in [0.05, 0.1) is 0 Å². The molecule has 0 aliphatic carbocycles. The second kappa shape index (κ2) is 2.15. The van der Waals surface area contributed by atoms with E-state index in [1.165, 1.54) is 24.8 Å². The first-order valence-electron chi connectivity index (χ1n) is 3.60. The minimum atomic E-state index is -1.02. The lowest BCUT2D eigenvalue weighted by atomic mass is 10.6. The van der Waals surface area contributed by atoms with Crippen molar-refractivity contribution in [3.8, 4) is 0 Å². The minimum Gasteiger partial charge on any atom is -0.571 e. The fourth-order valence-corrected chi connectivity index (χ4v) is 1.21. The molecule has 2 aliphatic heterocycles. The van der Waals surface area contributed by atoms with Gasteiger partial charge in [0.25, 0.3) is 0 Å². The molecule has 4 nitrogen and oxygen atoms in total. The molecule has 0 aromatic heterocycles. The Morgan fingerprint density at radius 2 is 0.833 bits per heavy atom. The number of rotatable bonds is 1. The summed E-state index contributed by atoms with van der Waals surface area (Å²) >= 11 is 0. The first kappa shape index (κ1) is 7.45. The van der Waals surface area contributed by atoms with Crippen molar-refractivity contribution < 1.29 is 9.51 Å². The number of hydrogen-bond donors (Lipinski definition) is 0. The van der Waals surface area contributed by atoms with E-state index < -0.39 is 9.51 Å². The molecule has 0 unspecified atom stereocenters. The third kappa shape index (κ3) is 0.804. The van der Waals surface area contributed by atoms with Crippen LogP contribution in [0.4, 0.5) is 0 Å². The fourth-order valence-electron chi connectivity index (χ4n) is 1.21. The number of hydroxylamine groups is 4. The number of hydrogen-bond acceptors (Lipinski definition) is 2. The van der Waals surface area contributed by atoms with Gasteiger partial charge < -0.3 is 10.4 Å². The molecule has 0 saturated carbocycles. The highest BCUT2D eigenvalue weighted by Crippen LogP contribution is 2.29. The number of allylic oxidation sites excluding steroid dienone is 4. The Bertz CT molecular complexity index is 259. The van der Waals surface area contributed by atoms with Crippen LogP contribution >= 0.6 is 0 Å². The SMILES string of the molecule is [O-][N+]1([N+]2([O-])C=CC=C2)C=CC=C1. The Morgan fingerprint density at radius 3 is 1.08 bits per heavy atom. The molecule has 62 valence electrons. The van der Waals surface area contributed by atoms with Crippen molar-refractivity contribution in [2.45, 2.75) is 0 Å².